The molecular formula is C30H34N2O5S. The molecule has 1 aliphatic rings. The molecule has 1 saturated heterocycles. The van der Waals surface area contributed by atoms with E-state index >= 15 is 0 Å². The number of rotatable bonds is 7. The number of carbonyl (C=O) groups excluding carboxylic acids is 2. The van der Waals surface area contributed by atoms with Crippen molar-refractivity contribution in [3.63, 3.8) is 0 Å². The fraction of sp³-hybridized carbons (Fsp3) is 0.333. The number of ether oxygens (including phenoxy) is 1. The predicted molar refractivity (Wildman–Crippen MR) is 148 cm³/mol. The molecule has 8 heteroatoms. The van der Waals surface area contributed by atoms with Crippen LogP contribution in [0.25, 0.3) is 0 Å². The third-order valence-corrected chi connectivity index (χ3v) is 8.74. The average molecular weight is 535 g/mol. The summed E-state index contributed by atoms with van der Waals surface area (Å²) in [6, 6.07) is 20.7. The first kappa shape index (κ1) is 27.5. The number of hydrogen-bond acceptors (Lipinski definition) is 5. The minimum absolute atomic E-state index is 0.00551. The molecule has 0 spiro atoms. The van der Waals surface area contributed by atoms with Crippen molar-refractivity contribution in [1.82, 2.24) is 4.31 Å². The van der Waals surface area contributed by atoms with Gasteiger partial charge in [-0.2, -0.15) is 4.31 Å². The Morgan fingerprint density at radius 1 is 0.947 bits per heavy atom. The maximum atomic E-state index is 13.2. The summed E-state index contributed by atoms with van der Waals surface area (Å²) in [4.78, 5) is 26.4. The Balaban J connectivity index is 1.44. The molecule has 1 amide bonds. The molecule has 0 unspecified atom stereocenters. The molecule has 3 aromatic carbocycles. The SMILES string of the molecule is COc1ccc(S(=O)(=O)N2CCC[C@@H](C(=O)Nc3cccc(C(=O)c4ccc(C(C)(C)C)cc4)c3)C2)cc1. The van der Waals surface area contributed by atoms with Gasteiger partial charge in [0.2, 0.25) is 15.9 Å². The van der Waals surface area contributed by atoms with Crippen LogP contribution in [0.15, 0.2) is 77.7 Å². The Bertz CT molecular complexity index is 1410. The Morgan fingerprint density at radius 2 is 1.63 bits per heavy atom. The van der Waals surface area contributed by atoms with Gasteiger partial charge in [0.15, 0.2) is 5.78 Å². The van der Waals surface area contributed by atoms with E-state index in [9.17, 15) is 18.0 Å². The Hall–Kier alpha value is -3.49. The van der Waals surface area contributed by atoms with Crippen LogP contribution < -0.4 is 10.1 Å². The number of ketones is 1. The maximum Gasteiger partial charge on any atom is 0.243 e. The van der Waals surface area contributed by atoms with E-state index in [0.717, 1.165) is 5.56 Å². The van der Waals surface area contributed by atoms with Gasteiger partial charge >= 0.3 is 0 Å². The van der Waals surface area contributed by atoms with E-state index in [1.54, 1.807) is 36.4 Å². The van der Waals surface area contributed by atoms with Crippen LogP contribution in [-0.2, 0) is 20.2 Å². The fourth-order valence-corrected chi connectivity index (χ4v) is 6.07. The minimum Gasteiger partial charge on any atom is -0.497 e. The van der Waals surface area contributed by atoms with E-state index in [0.29, 0.717) is 42.0 Å². The summed E-state index contributed by atoms with van der Waals surface area (Å²) in [5, 5.41) is 2.89. The second kappa shape index (κ2) is 11.1. The van der Waals surface area contributed by atoms with Crippen molar-refractivity contribution in [2.24, 2.45) is 5.92 Å². The van der Waals surface area contributed by atoms with Gasteiger partial charge in [-0.1, -0.05) is 57.2 Å². The number of carbonyl (C=O) groups is 2. The Labute approximate surface area is 224 Å². The molecule has 3 aromatic rings. The van der Waals surface area contributed by atoms with Crippen LogP contribution in [0.1, 0.15) is 55.1 Å². The van der Waals surface area contributed by atoms with Gasteiger partial charge in [-0.25, -0.2) is 8.42 Å². The highest BCUT2D eigenvalue weighted by Crippen LogP contribution is 2.27. The number of nitrogens with zero attached hydrogens (tertiary/aromatic N) is 1. The van der Waals surface area contributed by atoms with E-state index < -0.39 is 15.9 Å². The maximum absolute atomic E-state index is 13.2. The number of nitrogens with one attached hydrogen (secondary N) is 1. The van der Waals surface area contributed by atoms with Gasteiger partial charge in [0.25, 0.3) is 0 Å². The van der Waals surface area contributed by atoms with Crippen LogP contribution in [-0.4, -0.2) is 44.6 Å². The number of sulfonamides is 1. The molecule has 200 valence electrons. The summed E-state index contributed by atoms with van der Waals surface area (Å²) < 4.78 is 32.8. The van der Waals surface area contributed by atoms with Gasteiger partial charge in [-0.05, 0) is 60.2 Å². The smallest absolute Gasteiger partial charge is 0.243 e. The Kier molecular flexibility index (Phi) is 8.04. The molecule has 7 nitrogen and oxygen atoms in total. The zero-order chi connectivity index (χ0) is 27.5. The van der Waals surface area contributed by atoms with E-state index in [4.69, 9.17) is 4.74 Å². The Morgan fingerprint density at radius 3 is 2.26 bits per heavy atom. The molecule has 4 rings (SSSR count). The molecule has 1 fully saturated rings. The van der Waals surface area contributed by atoms with Crippen molar-refractivity contribution in [2.45, 2.75) is 43.9 Å². The van der Waals surface area contributed by atoms with Crippen molar-refractivity contribution < 1.29 is 22.7 Å². The molecular weight excluding hydrogens is 500 g/mol. The number of piperidine rings is 1. The van der Waals surface area contributed by atoms with Gasteiger partial charge in [-0.15, -0.1) is 0 Å². The highest BCUT2D eigenvalue weighted by Gasteiger charge is 2.33. The van der Waals surface area contributed by atoms with Gasteiger partial charge in [0, 0.05) is 29.9 Å². The molecule has 0 radical (unpaired) electrons. The molecule has 0 aromatic heterocycles. The molecule has 1 heterocycles. The minimum atomic E-state index is -3.73. The number of amides is 1. The first-order valence-corrected chi connectivity index (χ1v) is 14.1. The monoisotopic (exact) mass is 534 g/mol. The summed E-state index contributed by atoms with van der Waals surface area (Å²) in [6.07, 6.45) is 1.16. The average Bonchev–Trinajstić information content (AvgIpc) is 2.92. The lowest BCUT2D eigenvalue weighted by Crippen LogP contribution is -2.43. The molecule has 1 N–H and O–H groups in total. The van der Waals surface area contributed by atoms with E-state index in [-0.39, 0.29) is 28.5 Å². The molecule has 0 aliphatic carbocycles. The molecule has 1 aliphatic heterocycles. The largest absolute Gasteiger partial charge is 0.497 e. The van der Waals surface area contributed by atoms with Crippen LogP contribution in [0.4, 0.5) is 5.69 Å². The van der Waals surface area contributed by atoms with Crippen molar-refractivity contribution in [1.29, 1.82) is 0 Å². The number of anilines is 1. The van der Waals surface area contributed by atoms with Crippen molar-refractivity contribution in [2.75, 3.05) is 25.5 Å². The third kappa shape index (κ3) is 6.14. The molecule has 0 saturated carbocycles. The first-order valence-electron chi connectivity index (χ1n) is 12.7. The van der Waals surface area contributed by atoms with E-state index in [2.05, 4.69) is 26.1 Å². The predicted octanol–water partition coefficient (Wildman–Crippen LogP) is 5.26. The lowest BCUT2D eigenvalue weighted by atomic mass is 9.86. The summed E-state index contributed by atoms with van der Waals surface area (Å²) >= 11 is 0. The van der Waals surface area contributed by atoms with Crippen LogP contribution >= 0.6 is 0 Å². The quantitative estimate of drug-likeness (QED) is 0.417. The summed E-state index contributed by atoms with van der Waals surface area (Å²) in [6.45, 7) is 6.82. The van der Waals surface area contributed by atoms with Gasteiger partial charge in [0.05, 0.1) is 17.9 Å². The summed E-state index contributed by atoms with van der Waals surface area (Å²) in [5.74, 6) is -0.321. The van der Waals surface area contributed by atoms with Crippen molar-refractivity contribution in [3.05, 3.63) is 89.5 Å². The molecule has 1 atom stereocenters. The van der Waals surface area contributed by atoms with Crippen molar-refractivity contribution >= 4 is 27.4 Å². The highest BCUT2D eigenvalue weighted by atomic mass is 32.2. The second-order valence-corrected chi connectivity index (χ2v) is 12.5. The second-order valence-electron chi connectivity index (χ2n) is 10.6. The fourth-order valence-electron chi connectivity index (χ4n) is 4.54. The zero-order valence-corrected chi connectivity index (χ0v) is 23.0. The zero-order valence-electron chi connectivity index (χ0n) is 22.2. The van der Waals surface area contributed by atoms with E-state index in [1.807, 2.05) is 24.3 Å². The van der Waals surface area contributed by atoms with E-state index in [1.165, 1.54) is 23.5 Å². The van der Waals surface area contributed by atoms with Gasteiger partial charge in [0.1, 0.15) is 5.75 Å². The van der Waals surface area contributed by atoms with Crippen LogP contribution in [0.3, 0.4) is 0 Å². The summed E-state index contributed by atoms with van der Waals surface area (Å²) in [7, 11) is -2.21. The standard InChI is InChI=1S/C30H34N2O5S/c1-30(2,3)24-12-10-21(11-13-24)28(33)22-7-5-9-25(19-22)31-29(34)23-8-6-18-32(20-23)38(35,36)27-16-14-26(37-4)15-17-27/h5,7,9-17,19,23H,6,8,18,20H2,1-4H3,(H,31,34)/t23-/m1/s1. The van der Waals surface area contributed by atoms with Gasteiger partial charge < -0.3 is 10.1 Å². The molecule has 0 bridgehead atoms. The highest BCUT2D eigenvalue weighted by molar-refractivity contribution is 7.89. The third-order valence-electron chi connectivity index (χ3n) is 6.86. The number of methoxy groups -OCH3 is 1. The van der Waals surface area contributed by atoms with Crippen molar-refractivity contribution in [3.8, 4) is 5.75 Å². The number of hydrogen-bond donors (Lipinski definition) is 1. The molecule has 38 heavy (non-hydrogen) atoms. The lowest BCUT2D eigenvalue weighted by Gasteiger charge is -2.31. The van der Waals surface area contributed by atoms with Gasteiger partial charge in [-0.3, -0.25) is 9.59 Å². The normalized spacial score (nSPS) is 16.6. The van der Waals surface area contributed by atoms with Crippen LogP contribution in [0, 0.1) is 5.92 Å². The lowest BCUT2D eigenvalue weighted by molar-refractivity contribution is -0.120. The summed E-state index contributed by atoms with van der Waals surface area (Å²) in [5.41, 5.74) is 2.69. The topological polar surface area (TPSA) is 92.8 Å². The van der Waals surface area contributed by atoms with Crippen LogP contribution in [0.5, 0.6) is 5.75 Å². The van der Waals surface area contributed by atoms with Crippen LogP contribution in [0.2, 0.25) is 0 Å². The number of benzene rings is 3. The first-order chi connectivity index (χ1) is 18.0.